The summed E-state index contributed by atoms with van der Waals surface area (Å²) in [5, 5.41) is 3.08. The number of carbonyl (C=O) groups excluding carboxylic acids is 2. The quantitative estimate of drug-likeness (QED) is 0.525. The van der Waals surface area contributed by atoms with Gasteiger partial charge in [-0.3, -0.25) is 9.59 Å². The molecular formula is C29H32N2O4. The second kappa shape index (κ2) is 11.6. The molecule has 1 unspecified atom stereocenters. The molecular weight excluding hydrogens is 440 g/mol. The van der Waals surface area contributed by atoms with Crippen LogP contribution in [-0.2, 0) is 16.0 Å². The molecule has 1 saturated heterocycles. The van der Waals surface area contributed by atoms with Crippen molar-refractivity contribution in [1.82, 2.24) is 10.2 Å². The Morgan fingerprint density at radius 1 is 0.914 bits per heavy atom. The van der Waals surface area contributed by atoms with Crippen LogP contribution < -0.4 is 14.8 Å². The van der Waals surface area contributed by atoms with Gasteiger partial charge < -0.3 is 19.7 Å². The van der Waals surface area contributed by atoms with Gasteiger partial charge in [-0.1, -0.05) is 60.7 Å². The lowest BCUT2D eigenvalue weighted by atomic mass is 10.0. The summed E-state index contributed by atoms with van der Waals surface area (Å²) in [6.07, 6.45) is 1.15. The van der Waals surface area contributed by atoms with Gasteiger partial charge in [0.1, 0.15) is 11.5 Å². The van der Waals surface area contributed by atoms with Crippen LogP contribution >= 0.6 is 0 Å². The van der Waals surface area contributed by atoms with Crippen LogP contribution in [0.2, 0.25) is 0 Å². The molecule has 0 spiro atoms. The lowest BCUT2D eigenvalue weighted by Crippen LogP contribution is -2.49. The monoisotopic (exact) mass is 472 g/mol. The standard InChI is InChI=1S/C29H32N2O4/c1-21(35-26-14-12-23(13-15-26)22-8-4-3-5-9-22)29(33)30-25-16-18-31(19-17-25)28(32)20-24-10-6-7-11-27(24)34-2/h3-15,21,25H,16-20H2,1-2H3,(H,30,33). The fraction of sp³-hybridized carbons (Fsp3) is 0.310. The van der Waals surface area contributed by atoms with Gasteiger partial charge >= 0.3 is 0 Å². The summed E-state index contributed by atoms with van der Waals surface area (Å²) in [7, 11) is 1.61. The Kier molecular flexibility index (Phi) is 8.03. The molecule has 1 aliphatic rings. The number of hydrogen-bond donors (Lipinski definition) is 1. The van der Waals surface area contributed by atoms with Gasteiger partial charge in [-0.15, -0.1) is 0 Å². The summed E-state index contributed by atoms with van der Waals surface area (Å²) in [6.45, 7) is 3.00. The fourth-order valence-electron chi connectivity index (χ4n) is 4.33. The van der Waals surface area contributed by atoms with E-state index in [0.29, 0.717) is 25.3 Å². The molecule has 4 rings (SSSR count). The Hall–Kier alpha value is -3.80. The van der Waals surface area contributed by atoms with E-state index < -0.39 is 6.10 Å². The average Bonchev–Trinajstić information content (AvgIpc) is 2.90. The predicted octanol–water partition coefficient (Wildman–Crippen LogP) is 4.48. The summed E-state index contributed by atoms with van der Waals surface area (Å²) in [4.78, 5) is 27.3. The zero-order valence-electron chi connectivity index (χ0n) is 20.3. The number of benzene rings is 3. The number of para-hydroxylation sites is 1. The third-order valence-electron chi connectivity index (χ3n) is 6.37. The number of nitrogens with zero attached hydrogens (tertiary/aromatic N) is 1. The third-order valence-corrected chi connectivity index (χ3v) is 6.37. The minimum Gasteiger partial charge on any atom is -0.496 e. The maximum atomic E-state index is 12.8. The second-order valence-electron chi connectivity index (χ2n) is 8.80. The van der Waals surface area contributed by atoms with Crippen LogP contribution in [0.25, 0.3) is 11.1 Å². The van der Waals surface area contributed by atoms with E-state index in [0.717, 1.165) is 35.3 Å². The van der Waals surface area contributed by atoms with Crippen molar-refractivity contribution in [2.24, 2.45) is 0 Å². The van der Waals surface area contributed by atoms with Crippen molar-refractivity contribution in [3.05, 3.63) is 84.4 Å². The molecule has 0 aromatic heterocycles. The zero-order valence-corrected chi connectivity index (χ0v) is 20.3. The summed E-state index contributed by atoms with van der Waals surface area (Å²) in [6, 6.07) is 25.5. The van der Waals surface area contributed by atoms with E-state index in [-0.39, 0.29) is 17.9 Å². The molecule has 0 aliphatic carbocycles. The third kappa shape index (κ3) is 6.41. The van der Waals surface area contributed by atoms with Gasteiger partial charge in [0.25, 0.3) is 5.91 Å². The largest absolute Gasteiger partial charge is 0.496 e. The number of amides is 2. The van der Waals surface area contributed by atoms with E-state index in [2.05, 4.69) is 17.4 Å². The molecule has 0 bridgehead atoms. The predicted molar refractivity (Wildman–Crippen MR) is 136 cm³/mol. The van der Waals surface area contributed by atoms with E-state index in [4.69, 9.17) is 9.47 Å². The molecule has 1 aliphatic heterocycles. The number of methoxy groups -OCH3 is 1. The van der Waals surface area contributed by atoms with Gasteiger partial charge in [-0.25, -0.2) is 0 Å². The topological polar surface area (TPSA) is 67.9 Å². The number of carbonyl (C=O) groups is 2. The first-order valence-electron chi connectivity index (χ1n) is 12.1. The smallest absolute Gasteiger partial charge is 0.260 e. The van der Waals surface area contributed by atoms with Gasteiger partial charge in [0.05, 0.1) is 13.5 Å². The average molecular weight is 473 g/mol. The molecule has 3 aromatic rings. The first-order valence-corrected chi connectivity index (χ1v) is 12.1. The van der Waals surface area contributed by atoms with Crippen molar-refractivity contribution in [1.29, 1.82) is 0 Å². The summed E-state index contributed by atoms with van der Waals surface area (Å²) in [5.41, 5.74) is 3.12. The van der Waals surface area contributed by atoms with Crippen LogP contribution in [0.3, 0.4) is 0 Å². The lowest BCUT2D eigenvalue weighted by Gasteiger charge is -2.33. The molecule has 3 aromatic carbocycles. The number of rotatable bonds is 8. The van der Waals surface area contributed by atoms with E-state index >= 15 is 0 Å². The van der Waals surface area contributed by atoms with Crippen LogP contribution in [0.15, 0.2) is 78.9 Å². The van der Waals surface area contributed by atoms with Crippen LogP contribution in [0.5, 0.6) is 11.5 Å². The van der Waals surface area contributed by atoms with Crippen molar-refractivity contribution < 1.29 is 19.1 Å². The lowest BCUT2D eigenvalue weighted by molar-refractivity contribution is -0.132. The highest BCUT2D eigenvalue weighted by Crippen LogP contribution is 2.23. The van der Waals surface area contributed by atoms with Crippen LogP contribution in [0.4, 0.5) is 0 Å². The highest BCUT2D eigenvalue weighted by molar-refractivity contribution is 5.81. The number of piperidine rings is 1. The van der Waals surface area contributed by atoms with Crippen molar-refractivity contribution in [3.63, 3.8) is 0 Å². The van der Waals surface area contributed by atoms with Gasteiger partial charge in [-0.05, 0) is 49.1 Å². The maximum Gasteiger partial charge on any atom is 0.260 e. The molecule has 0 saturated carbocycles. The summed E-state index contributed by atoms with van der Waals surface area (Å²) >= 11 is 0. The Morgan fingerprint density at radius 3 is 2.23 bits per heavy atom. The number of nitrogens with one attached hydrogen (secondary N) is 1. The molecule has 182 valence electrons. The molecule has 1 heterocycles. The van der Waals surface area contributed by atoms with Crippen molar-refractivity contribution in [3.8, 4) is 22.6 Å². The zero-order chi connectivity index (χ0) is 24.6. The van der Waals surface area contributed by atoms with Gasteiger partial charge in [-0.2, -0.15) is 0 Å². The van der Waals surface area contributed by atoms with Crippen molar-refractivity contribution >= 4 is 11.8 Å². The maximum absolute atomic E-state index is 12.8. The molecule has 1 N–H and O–H groups in total. The Labute approximate surface area is 206 Å². The first-order chi connectivity index (χ1) is 17.0. The molecule has 1 fully saturated rings. The highest BCUT2D eigenvalue weighted by Gasteiger charge is 2.26. The number of hydrogen-bond acceptors (Lipinski definition) is 4. The molecule has 2 amide bonds. The number of ether oxygens (including phenoxy) is 2. The SMILES string of the molecule is COc1ccccc1CC(=O)N1CCC(NC(=O)C(C)Oc2ccc(-c3ccccc3)cc2)CC1. The van der Waals surface area contributed by atoms with Crippen molar-refractivity contribution in [2.45, 2.75) is 38.3 Å². The van der Waals surface area contributed by atoms with E-state index in [1.807, 2.05) is 71.6 Å². The second-order valence-corrected chi connectivity index (χ2v) is 8.80. The molecule has 6 nitrogen and oxygen atoms in total. The summed E-state index contributed by atoms with van der Waals surface area (Å²) in [5.74, 6) is 1.32. The van der Waals surface area contributed by atoms with Crippen LogP contribution in [-0.4, -0.2) is 49.1 Å². The van der Waals surface area contributed by atoms with Crippen LogP contribution in [0, 0.1) is 0 Å². The molecule has 6 heteroatoms. The Bertz CT molecular complexity index is 1120. The van der Waals surface area contributed by atoms with Gasteiger partial charge in [0.15, 0.2) is 6.10 Å². The van der Waals surface area contributed by atoms with Crippen LogP contribution in [0.1, 0.15) is 25.3 Å². The normalized spacial score (nSPS) is 14.7. The molecule has 0 radical (unpaired) electrons. The van der Waals surface area contributed by atoms with Gasteiger partial charge in [0.2, 0.25) is 5.91 Å². The molecule has 35 heavy (non-hydrogen) atoms. The van der Waals surface area contributed by atoms with Crippen molar-refractivity contribution in [2.75, 3.05) is 20.2 Å². The minimum atomic E-state index is -0.609. The first kappa shape index (κ1) is 24.3. The number of likely N-dealkylation sites (tertiary alicyclic amines) is 1. The summed E-state index contributed by atoms with van der Waals surface area (Å²) < 4.78 is 11.2. The fourth-order valence-corrected chi connectivity index (χ4v) is 4.33. The Morgan fingerprint density at radius 2 is 1.54 bits per heavy atom. The highest BCUT2D eigenvalue weighted by atomic mass is 16.5. The van der Waals surface area contributed by atoms with E-state index in [9.17, 15) is 9.59 Å². The van der Waals surface area contributed by atoms with E-state index in [1.54, 1.807) is 14.0 Å². The Balaban J connectivity index is 1.23. The van der Waals surface area contributed by atoms with E-state index in [1.165, 1.54) is 0 Å². The van der Waals surface area contributed by atoms with Gasteiger partial charge in [0, 0.05) is 24.7 Å². The minimum absolute atomic E-state index is 0.0318. The molecule has 1 atom stereocenters.